The number of nitrogens with zero attached hydrogens (tertiary/aromatic N) is 2. The summed E-state index contributed by atoms with van der Waals surface area (Å²) in [5.41, 5.74) is 1.19. The predicted molar refractivity (Wildman–Crippen MR) is 112 cm³/mol. The zero-order valence-electron chi connectivity index (χ0n) is 17.4. The number of amides is 1. The van der Waals surface area contributed by atoms with Crippen LogP contribution in [-0.4, -0.2) is 53.5 Å². The van der Waals surface area contributed by atoms with Gasteiger partial charge < -0.3 is 19.5 Å². The van der Waals surface area contributed by atoms with E-state index in [-0.39, 0.29) is 24.5 Å². The Morgan fingerprint density at radius 3 is 2.40 bits per heavy atom. The molecule has 0 spiro atoms. The van der Waals surface area contributed by atoms with E-state index in [1.165, 1.54) is 12.0 Å². The molecule has 0 saturated carbocycles. The molecular formula is C23H26N2O5. The second-order valence-corrected chi connectivity index (χ2v) is 7.50. The summed E-state index contributed by atoms with van der Waals surface area (Å²) in [6, 6.07) is 9.58. The molecule has 1 amide bonds. The molecule has 1 aromatic carbocycles. The molecule has 158 valence electrons. The molecule has 1 aliphatic heterocycles. The van der Waals surface area contributed by atoms with Crippen LogP contribution in [-0.2, 0) is 14.3 Å². The van der Waals surface area contributed by atoms with Crippen LogP contribution in [0.4, 0.5) is 0 Å². The zero-order valence-corrected chi connectivity index (χ0v) is 17.4. The van der Waals surface area contributed by atoms with Crippen LogP contribution in [0.1, 0.15) is 31.0 Å². The number of ketones is 1. The SMILES string of the molecule is COCCN1C(=O)C(=O)/C(=C(\O)c2ccc(OCC(C)C)cc2)C1c1ccncc1. The number of hydrogen-bond acceptors (Lipinski definition) is 6. The predicted octanol–water partition coefficient (Wildman–Crippen LogP) is 3.18. The van der Waals surface area contributed by atoms with Crippen LogP contribution in [0.2, 0.25) is 0 Å². The van der Waals surface area contributed by atoms with E-state index in [1.54, 1.807) is 48.8 Å². The fraction of sp³-hybridized carbons (Fsp3) is 0.348. The number of benzene rings is 1. The largest absolute Gasteiger partial charge is 0.507 e. The molecule has 3 rings (SSSR count). The molecule has 1 atom stereocenters. The third kappa shape index (κ3) is 4.52. The number of aromatic nitrogens is 1. The molecule has 30 heavy (non-hydrogen) atoms. The van der Waals surface area contributed by atoms with Gasteiger partial charge in [0.1, 0.15) is 11.5 Å². The van der Waals surface area contributed by atoms with Crippen LogP contribution in [0, 0.1) is 5.92 Å². The number of rotatable bonds is 8. The number of aliphatic hydroxyl groups excluding tert-OH is 1. The molecule has 1 fully saturated rings. The highest BCUT2D eigenvalue weighted by molar-refractivity contribution is 6.46. The van der Waals surface area contributed by atoms with Crippen LogP contribution in [0.25, 0.3) is 5.76 Å². The maximum Gasteiger partial charge on any atom is 0.295 e. The van der Waals surface area contributed by atoms with Gasteiger partial charge in [0.25, 0.3) is 11.7 Å². The van der Waals surface area contributed by atoms with Gasteiger partial charge in [0.15, 0.2) is 0 Å². The average Bonchev–Trinajstić information content (AvgIpc) is 3.01. The van der Waals surface area contributed by atoms with E-state index in [9.17, 15) is 14.7 Å². The molecule has 1 saturated heterocycles. The van der Waals surface area contributed by atoms with Crippen LogP contribution in [0.5, 0.6) is 5.75 Å². The van der Waals surface area contributed by atoms with Crippen molar-refractivity contribution >= 4 is 17.4 Å². The quantitative estimate of drug-likeness (QED) is 0.408. The summed E-state index contributed by atoms with van der Waals surface area (Å²) in [4.78, 5) is 30.9. The van der Waals surface area contributed by atoms with Gasteiger partial charge in [0.05, 0.1) is 24.8 Å². The topological polar surface area (TPSA) is 89.0 Å². The maximum absolute atomic E-state index is 12.8. The van der Waals surface area contributed by atoms with Gasteiger partial charge >= 0.3 is 0 Å². The van der Waals surface area contributed by atoms with Crippen molar-refractivity contribution in [3.05, 3.63) is 65.5 Å². The zero-order chi connectivity index (χ0) is 21.7. The molecule has 1 aliphatic rings. The van der Waals surface area contributed by atoms with Crippen molar-refractivity contribution in [3.8, 4) is 5.75 Å². The first-order valence-corrected chi connectivity index (χ1v) is 9.84. The number of carbonyl (C=O) groups excluding carboxylic acids is 2. The first-order valence-electron chi connectivity index (χ1n) is 9.84. The Hall–Kier alpha value is -3.19. The summed E-state index contributed by atoms with van der Waals surface area (Å²) in [6.45, 7) is 5.20. The van der Waals surface area contributed by atoms with E-state index in [0.717, 1.165) is 0 Å². The van der Waals surface area contributed by atoms with Crippen molar-refractivity contribution in [2.24, 2.45) is 5.92 Å². The van der Waals surface area contributed by atoms with Gasteiger partial charge in [-0.2, -0.15) is 0 Å². The standard InChI is InChI=1S/C23H26N2O5/c1-15(2)14-30-18-6-4-17(5-7-18)21(26)19-20(16-8-10-24-11-9-16)25(12-13-29-3)23(28)22(19)27/h4-11,15,20,26H,12-14H2,1-3H3/b21-19-. The van der Waals surface area contributed by atoms with Gasteiger partial charge in [-0.05, 0) is 47.9 Å². The summed E-state index contributed by atoms with van der Waals surface area (Å²) in [5.74, 6) is -0.531. The van der Waals surface area contributed by atoms with Crippen LogP contribution < -0.4 is 4.74 Å². The summed E-state index contributed by atoms with van der Waals surface area (Å²) >= 11 is 0. The van der Waals surface area contributed by atoms with Crippen molar-refractivity contribution in [1.29, 1.82) is 0 Å². The molecule has 2 aromatic rings. The highest BCUT2D eigenvalue weighted by Gasteiger charge is 2.45. The summed E-state index contributed by atoms with van der Waals surface area (Å²) in [7, 11) is 1.53. The molecule has 0 radical (unpaired) electrons. The van der Waals surface area contributed by atoms with Crippen molar-refractivity contribution in [1.82, 2.24) is 9.88 Å². The van der Waals surface area contributed by atoms with Crippen molar-refractivity contribution in [2.75, 3.05) is 26.9 Å². The van der Waals surface area contributed by atoms with Gasteiger partial charge in [-0.25, -0.2) is 0 Å². The van der Waals surface area contributed by atoms with E-state index in [2.05, 4.69) is 18.8 Å². The minimum absolute atomic E-state index is 0.0538. The number of Topliss-reactive ketones (excluding diaryl/α,β-unsaturated/α-hetero) is 1. The molecular weight excluding hydrogens is 384 g/mol. The summed E-state index contributed by atoms with van der Waals surface area (Å²) < 4.78 is 10.8. The normalized spacial score (nSPS) is 18.3. The third-order valence-corrected chi connectivity index (χ3v) is 4.81. The molecule has 2 heterocycles. The van der Waals surface area contributed by atoms with E-state index in [4.69, 9.17) is 9.47 Å². The molecule has 1 unspecified atom stereocenters. The lowest BCUT2D eigenvalue weighted by molar-refractivity contribution is -0.140. The number of ether oxygens (including phenoxy) is 2. The fourth-order valence-corrected chi connectivity index (χ4v) is 3.32. The molecule has 0 aliphatic carbocycles. The van der Waals surface area contributed by atoms with Crippen molar-refractivity contribution < 1.29 is 24.2 Å². The summed E-state index contributed by atoms with van der Waals surface area (Å²) in [5, 5.41) is 11.0. The van der Waals surface area contributed by atoms with E-state index in [0.29, 0.717) is 29.4 Å². The number of methoxy groups -OCH3 is 1. The Morgan fingerprint density at radius 2 is 1.80 bits per heavy atom. The van der Waals surface area contributed by atoms with Gasteiger partial charge in [-0.15, -0.1) is 0 Å². The Bertz CT molecular complexity index is 922. The van der Waals surface area contributed by atoms with E-state index in [1.807, 2.05) is 0 Å². The first-order chi connectivity index (χ1) is 14.4. The van der Waals surface area contributed by atoms with Crippen molar-refractivity contribution in [3.63, 3.8) is 0 Å². The van der Waals surface area contributed by atoms with E-state index >= 15 is 0 Å². The number of hydrogen-bond donors (Lipinski definition) is 1. The number of pyridine rings is 1. The maximum atomic E-state index is 12.8. The average molecular weight is 410 g/mol. The van der Waals surface area contributed by atoms with Crippen LogP contribution in [0.15, 0.2) is 54.4 Å². The van der Waals surface area contributed by atoms with Crippen LogP contribution in [0.3, 0.4) is 0 Å². The minimum Gasteiger partial charge on any atom is -0.507 e. The molecule has 7 nitrogen and oxygen atoms in total. The van der Waals surface area contributed by atoms with Gasteiger partial charge in [-0.1, -0.05) is 13.8 Å². The van der Waals surface area contributed by atoms with Gasteiger partial charge in [0, 0.05) is 31.6 Å². The van der Waals surface area contributed by atoms with E-state index < -0.39 is 17.7 Å². The van der Waals surface area contributed by atoms with Gasteiger partial charge in [-0.3, -0.25) is 14.6 Å². The lowest BCUT2D eigenvalue weighted by Gasteiger charge is -2.24. The highest BCUT2D eigenvalue weighted by atomic mass is 16.5. The monoisotopic (exact) mass is 410 g/mol. The van der Waals surface area contributed by atoms with Gasteiger partial charge in [0.2, 0.25) is 0 Å². The Balaban J connectivity index is 2.00. The molecule has 1 N–H and O–H groups in total. The number of likely N-dealkylation sites (tertiary alicyclic amines) is 1. The third-order valence-electron chi connectivity index (χ3n) is 4.81. The number of carbonyl (C=O) groups is 2. The number of aliphatic hydroxyl groups is 1. The Kier molecular flexibility index (Phi) is 6.84. The molecule has 1 aromatic heterocycles. The molecule has 7 heteroatoms. The first kappa shape index (κ1) is 21.5. The lowest BCUT2D eigenvalue weighted by atomic mass is 9.96. The van der Waals surface area contributed by atoms with Crippen LogP contribution >= 0.6 is 0 Å². The second kappa shape index (κ2) is 9.54. The highest BCUT2D eigenvalue weighted by Crippen LogP contribution is 2.39. The lowest BCUT2D eigenvalue weighted by Crippen LogP contribution is -2.32. The van der Waals surface area contributed by atoms with Crippen molar-refractivity contribution in [2.45, 2.75) is 19.9 Å². The molecule has 0 bridgehead atoms. The minimum atomic E-state index is -0.717. The Labute approximate surface area is 175 Å². The smallest absolute Gasteiger partial charge is 0.295 e. The summed E-state index contributed by atoms with van der Waals surface area (Å²) in [6.07, 6.45) is 3.18. The second-order valence-electron chi connectivity index (χ2n) is 7.50. The fourth-order valence-electron chi connectivity index (χ4n) is 3.32. The Morgan fingerprint density at radius 1 is 1.13 bits per heavy atom.